The monoisotopic (exact) mass is 157 g/mol. The van der Waals surface area contributed by atoms with E-state index in [9.17, 15) is 0 Å². The van der Waals surface area contributed by atoms with E-state index in [0.717, 1.165) is 11.3 Å². The maximum Gasteiger partial charge on any atom is 0.171 e. The van der Waals surface area contributed by atoms with Gasteiger partial charge in [-0.25, -0.2) is 5.16 Å². The molecule has 0 atom stereocenters. The summed E-state index contributed by atoms with van der Waals surface area (Å²) in [5, 5.41) is 5.15. The summed E-state index contributed by atoms with van der Waals surface area (Å²) < 4.78 is 5.25. The third-order valence-electron chi connectivity index (χ3n) is 2.15. The lowest BCUT2D eigenvalue weighted by molar-refractivity contribution is 0.437. The zero-order chi connectivity index (χ0) is 7.97. The number of hydrogen-bond donors (Lipinski definition) is 1. The average Bonchev–Trinajstić information content (AvgIpc) is 2.62. The molecular weight excluding hydrogens is 150 g/mol. The highest BCUT2D eigenvalue weighted by Crippen LogP contribution is 2.33. The highest BCUT2D eigenvalue weighted by molar-refractivity contribution is 5.99. The number of nitrogens with one attached hydrogen (secondary N) is 1. The van der Waals surface area contributed by atoms with Gasteiger partial charge in [-0.2, -0.15) is 0 Å². The maximum absolute atomic E-state index is 5.25. The van der Waals surface area contributed by atoms with Crippen molar-refractivity contribution in [1.82, 2.24) is 5.16 Å². The number of hydrogen-bond acceptors (Lipinski definition) is 1. The van der Waals surface area contributed by atoms with Crippen LogP contribution in [0.15, 0.2) is 41.1 Å². The zero-order valence-corrected chi connectivity index (χ0v) is 6.37. The molecule has 0 saturated heterocycles. The van der Waals surface area contributed by atoms with E-state index in [4.69, 9.17) is 4.52 Å². The Balaban J connectivity index is 2.59. The molecule has 0 radical (unpaired) electrons. The number of fused-ring (bicyclic) bond motifs is 3. The maximum atomic E-state index is 5.25. The van der Waals surface area contributed by atoms with Crippen molar-refractivity contribution < 1.29 is 4.52 Å². The van der Waals surface area contributed by atoms with Crippen LogP contribution in [0.2, 0.25) is 0 Å². The summed E-state index contributed by atoms with van der Waals surface area (Å²) in [6.07, 6.45) is 1.87. The van der Waals surface area contributed by atoms with E-state index in [-0.39, 0.29) is 0 Å². The molecule has 1 aliphatic heterocycles. The standard InChI is InChI=1S/C10H7NO/c1-2-4-9-7(3-1)5-8-6-11-12-10(8)9/h1-6,11H. The van der Waals surface area contributed by atoms with Crippen molar-refractivity contribution in [2.24, 2.45) is 0 Å². The largest absolute Gasteiger partial charge is 0.381 e. The van der Waals surface area contributed by atoms with Crippen LogP contribution in [-0.2, 0) is 0 Å². The minimum absolute atomic E-state index is 0.950. The summed E-state index contributed by atoms with van der Waals surface area (Å²) in [4.78, 5) is 0. The van der Waals surface area contributed by atoms with Gasteiger partial charge in [-0.05, 0) is 11.5 Å². The van der Waals surface area contributed by atoms with Crippen LogP contribution in [-0.4, -0.2) is 5.16 Å². The molecule has 3 rings (SSSR count). The van der Waals surface area contributed by atoms with Gasteiger partial charge >= 0.3 is 0 Å². The predicted octanol–water partition coefficient (Wildman–Crippen LogP) is 2.87. The van der Waals surface area contributed by atoms with Gasteiger partial charge < -0.3 is 4.52 Å². The minimum Gasteiger partial charge on any atom is -0.381 e. The van der Waals surface area contributed by atoms with Crippen molar-refractivity contribution in [3.05, 3.63) is 36.5 Å². The molecule has 1 heterocycles. The topological polar surface area (TPSA) is 28.9 Å². The molecule has 1 aromatic rings. The average molecular weight is 157 g/mol. The number of aromatic nitrogens is 1. The molecule has 2 heteroatoms. The summed E-state index contributed by atoms with van der Waals surface area (Å²) in [5.41, 5.74) is 1.14. The van der Waals surface area contributed by atoms with Crippen LogP contribution in [0.4, 0.5) is 0 Å². The van der Waals surface area contributed by atoms with Gasteiger partial charge in [-0.3, -0.25) is 0 Å². The lowest BCUT2D eigenvalue weighted by atomic mass is 10.2. The third-order valence-corrected chi connectivity index (χ3v) is 2.15. The molecular formula is C10H7NO. The molecule has 0 fully saturated rings. The lowest BCUT2D eigenvalue weighted by Gasteiger charge is -1.86. The van der Waals surface area contributed by atoms with E-state index in [1.165, 1.54) is 10.8 Å². The molecule has 2 aliphatic rings. The van der Waals surface area contributed by atoms with Gasteiger partial charge in [0, 0.05) is 17.1 Å². The normalized spacial score (nSPS) is 11.3. The van der Waals surface area contributed by atoms with Crippen LogP contribution < -0.4 is 0 Å². The molecule has 2 nitrogen and oxygen atoms in total. The smallest absolute Gasteiger partial charge is 0.171 e. The van der Waals surface area contributed by atoms with E-state index in [1.807, 2.05) is 18.3 Å². The molecule has 0 spiro atoms. The Kier molecular flexibility index (Phi) is 0.939. The second-order valence-electron chi connectivity index (χ2n) is 2.88. The number of benzene rings is 1. The van der Waals surface area contributed by atoms with Gasteiger partial charge in [0.1, 0.15) is 0 Å². The van der Waals surface area contributed by atoms with Crippen molar-refractivity contribution in [3.8, 4) is 11.3 Å². The lowest BCUT2D eigenvalue weighted by Crippen LogP contribution is -1.62. The van der Waals surface area contributed by atoms with E-state index in [1.54, 1.807) is 0 Å². The Hall–Kier alpha value is -1.70. The zero-order valence-electron chi connectivity index (χ0n) is 6.37. The van der Waals surface area contributed by atoms with Gasteiger partial charge in [0.05, 0.1) is 0 Å². The molecule has 12 heavy (non-hydrogen) atoms. The second kappa shape index (κ2) is 1.91. The first-order chi connectivity index (χ1) is 5.95. The van der Waals surface area contributed by atoms with Gasteiger partial charge in [-0.15, -0.1) is 0 Å². The Bertz CT molecular complexity index is 491. The van der Waals surface area contributed by atoms with Crippen LogP contribution in [0.3, 0.4) is 0 Å². The fourth-order valence-electron chi connectivity index (χ4n) is 1.59. The first-order valence-corrected chi connectivity index (χ1v) is 3.89. The van der Waals surface area contributed by atoms with Gasteiger partial charge in [0.25, 0.3) is 0 Å². The Morgan fingerprint density at radius 1 is 1.17 bits per heavy atom. The Labute approximate surface area is 69.1 Å². The van der Waals surface area contributed by atoms with Crippen LogP contribution in [0.5, 0.6) is 0 Å². The van der Waals surface area contributed by atoms with Gasteiger partial charge in [0.2, 0.25) is 0 Å². The molecule has 1 aliphatic carbocycles. The second-order valence-corrected chi connectivity index (χ2v) is 2.88. The predicted molar refractivity (Wildman–Crippen MR) is 47.2 cm³/mol. The van der Waals surface area contributed by atoms with Crippen molar-refractivity contribution in [1.29, 1.82) is 0 Å². The van der Waals surface area contributed by atoms with Crippen molar-refractivity contribution in [2.45, 2.75) is 0 Å². The summed E-state index contributed by atoms with van der Waals surface area (Å²) in [6.45, 7) is 0. The molecule has 1 aromatic carbocycles. The fourth-order valence-corrected chi connectivity index (χ4v) is 1.59. The number of H-pyrrole nitrogens is 1. The van der Waals surface area contributed by atoms with Crippen molar-refractivity contribution >= 4 is 10.8 Å². The van der Waals surface area contributed by atoms with Gasteiger partial charge in [0.15, 0.2) is 5.76 Å². The first-order valence-electron chi connectivity index (χ1n) is 3.89. The molecule has 0 bridgehead atoms. The summed E-state index contributed by atoms with van der Waals surface area (Å²) >= 11 is 0. The molecule has 0 saturated carbocycles. The number of rotatable bonds is 0. The van der Waals surface area contributed by atoms with Crippen molar-refractivity contribution in [3.63, 3.8) is 0 Å². The Morgan fingerprint density at radius 3 is 3.08 bits per heavy atom. The highest BCUT2D eigenvalue weighted by Gasteiger charge is 2.11. The third kappa shape index (κ3) is 0.593. The summed E-state index contributed by atoms with van der Waals surface area (Å²) in [6, 6.07) is 10.3. The van der Waals surface area contributed by atoms with Crippen LogP contribution >= 0.6 is 0 Å². The number of aromatic amines is 1. The quantitative estimate of drug-likeness (QED) is 0.534. The van der Waals surface area contributed by atoms with Gasteiger partial charge in [-0.1, -0.05) is 24.3 Å². The van der Waals surface area contributed by atoms with Crippen LogP contribution in [0, 0.1) is 0 Å². The van der Waals surface area contributed by atoms with Crippen LogP contribution in [0.1, 0.15) is 0 Å². The fraction of sp³-hybridized carbons (Fsp3) is 0. The summed E-state index contributed by atoms with van der Waals surface area (Å²) in [5.74, 6) is 0.950. The SMILES string of the molecule is c1ccc2c3o[nH]cc-3cc2c1. The Morgan fingerprint density at radius 2 is 2.08 bits per heavy atom. The van der Waals surface area contributed by atoms with E-state index in [0.29, 0.717) is 0 Å². The highest BCUT2D eigenvalue weighted by atomic mass is 16.5. The summed E-state index contributed by atoms with van der Waals surface area (Å²) in [7, 11) is 0. The molecule has 0 aromatic heterocycles. The molecule has 58 valence electrons. The van der Waals surface area contributed by atoms with E-state index < -0.39 is 0 Å². The van der Waals surface area contributed by atoms with E-state index >= 15 is 0 Å². The first kappa shape index (κ1) is 5.89. The molecule has 0 amide bonds. The van der Waals surface area contributed by atoms with E-state index in [2.05, 4.69) is 23.4 Å². The molecule has 1 N–H and O–H groups in total. The molecule has 0 unspecified atom stereocenters. The van der Waals surface area contributed by atoms with Crippen LogP contribution in [0.25, 0.3) is 22.1 Å². The van der Waals surface area contributed by atoms with Crippen molar-refractivity contribution in [2.75, 3.05) is 0 Å². The minimum atomic E-state index is 0.950.